The van der Waals surface area contributed by atoms with Gasteiger partial charge in [-0.25, -0.2) is 0 Å². The highest BCUT2D eigenvalue weighted by molar-refractivity contribution is 9.10. The Hall–Kier alpha value is -1.42. The second kappa shape index (κ2) is 6.15. The Morgan fingerprint density at radius 3 is 2.58 bits per heavy atom. The lowest BCUT2D eigenvalue weighted by Crippen LogP contribution is -2.11. The summed E-state index contributed by atoms with van der Waals surface area (Å²) < 4.78 is 2.85. The highest BCUT2D eigenvalue weighted by Crippen LogP contribution is 2.22. The summed E-state index contributed by atoms with van der Waals surface area (Å²) in [6.45, 7) is 4.76. The van der Waals surface area contributed by atoms with Crippen LogP contribution in [0.3, 0.4) is 0 Å². The van der Waals surface area contributed by atoms with E-state index in [1.807, 2.05) is 48.9 Å². The van der Waals surface area contributed by atoms with Crippen molar-refractivity contribution in [3.63, 3.8) is 0 Å². The van der Waals surface area contributed by atoms with E-state index in [4.69, 9.17) is 0 Å². The Balaban J connectivity index is 2.11. The van der Waals surface area contributed by atoms with Gasteiger partial charge in [-0.3, -0.25) is 9.48 Å². The molecular weight excluding hydrogens is 304 g/mol. The van der Waals surface area contributed by atoms with Gasteiger partial charge in [-0.2, -0.15) is 5.10 Å². The summed E-state index contributed by atoms with van der Waals surface area (Å²) >= 11 is 3.52. The Kier molecular flexibility index (Phi) is 4.53. The molecule has 0 aliphatic rings. The van der Waals surface area contributed by atoms with E-state index in [-0.39, 0.29) is 5.78 Å². The minimum Gasteiger partial charge on any atom is -0.299 e. The molecule has 0 saturated carbocycles. The molecule has 0 aliphatic heterocycles. The normalized spacial score (nSPS) is 10.7. The van der Waals surface area contributed by atoms with Crippen molar-refractivity contribution in [1.29, 1.82) is 0 Å². The summed E-state index contributed by atoms with van der Waals surface area (Å²) in [5.41, 5.74) is 2.97. The van der Waals surface area contributed by atoms with Gasteiger partial charge in [0.05, 0.1) is 15.9 Å². The van der Waals surface area contributed by atoms with Crippen LogP contribution < -0.4 is 0 Å². The fraction of sp³-hybridized carbons (Fsp3) is 0.333. The third kappa shape index (κ3) is 3.32. The zero-order valence-corrected chi connectivity index (χ0v) is 12.8. The van der Waals surface area contributed by atoms with Crippen molar-refractivity contribution < 1.29 is 4.79 Å². The first kappa shape index (κ1) is 14.0. The number of halogens is 1. The monoisotopic (exact) mass is 320 g/mol. The Bertz CT molecular complexity index is 575. The topological polar surface area (TPSA) is 34.9 Å². The van der Waals surface area contributed by atoms with Gasteiger partial charge in [0.25, 0.3) is 0 Å². The molecule has 0 atom stereocenters. The highest BCUT2D eigenvalue weighted by Gasteiger charge is 2.15. The van der Waals surface area contributed by atoms with Gasteiger partial charge >= 0.3 is 0 Å². The van der Waals surface area contributed by atoms with Crippen LogP contribution in [0.5, 0.6) is 0 Å². The van der Waals surface area contributed by atoms with Crippen LogP contribution in [0.15, 0.2) is 34.8 Å². The quantitative estimate of drug-likeness (QED) is 0.847. The number of ketones is 1. The van der Waals surface area contributed by atoms with Crippen LogP contribution in [0.1, 0.15) is 23.9 Å². The lowest BCUT2D eigenvalue weighted by Gasteiger charge is -2.05. The molecule has 1 aromatic carbocycles. The summed E-state index contributed by atoms with van der Waals surface area (Å²) in [7, 11) is 0. The average molecular weight is 321 g/mol. The van der Waals surface area contributed by atoms with Crippen molar-refractivity contribution in [2.24, 2.45) is 0 Å². The van der Waals surface area contributed by atoms with Gasteiger partial charge in [0, 0.05) is 19.4 Å². The fourth-order valence-corrected chi connectivity index (χ4v) is 2.53. The zero-order valence-electron chi connectivity index (χ0n) is 11.2. The molecule has 19 heavy (non-hydrogen) atoms. The van der Waals surface area contributed by atoms with Gasteiger partial charge in [0.2, 0.25) is 0 Å². The molecule has 0 unspecified atom stereocenters. The van der Waals surface area contributed by atoms with Crippen molar-refractivity contribution >= 4 is 21.7 Å². The first-order valence-electron chi connectivity index (χ1n) is 6.39. The van der Waals surface area contributed by atoms with Gasteiger partial charge in [-0.05, 0) is 35.3 Å². The number of carbonyl (C=O) groups excluding carboxylic acids is 1. The van der Waals surface area contributed by atoms with Crippen molar-refractivity contribution in [2.75, 3.05) is 0 Å². The molecule has 100 valence electrons. The van der Waals surface area contributed by atoms with E-state index in [9.17, 15) is 4.79 Å². The van der Waals surface area contributed by atoms with E-state index >= 15 is 0 Å². The minimum absolute atomic E-state index is 0.210. The lowest BCUT2D eigenvalue weighted by atomic mass is 10.1. The van der Waals surface area contributed by atoms with Crippen LogP contribution in [-0.4, -0.2) is 15.6 Å². The van der Waals surface area contributed by atoms with Gasteiger partial charge in [-0.15, -0.1) is 0 Å². The van der Waals surface area contributed by atoms with E-state index in [2.05, 4.69) is 21.0 Å². The zero-order chi connectivity index (χ0) is 13.8. The van der Waals surface area contributed by atoms with Gasteiger partial charge in [-0.1, -0.05) is 30.3 Å². The number of Topliss-reactive ketones (excluding diaryl/α,β-unsaturated/α-hetero) is 1. The average Bonchev–Trinajstić information content (AvgIpc) is 2.67. The van der Waals surface area contributed by atoms with Crippen molar-refractivity contribution in [1.82, 2.24) is 9.78 Å². The highest BCUT2D eigenvalue weighted by atomic mass is 79.9. The molecule has 0 amide bonds. The fourth-order valence-electron chi connectivity index (χ4n) is 2.11. The summed E-state index contributed by atoms with van der Waals surface area (Å²) in [4.78, 5) is 12.1. The Morgan fingerprint density at radius 1 is 1.26 bits per heavy atom. The number of aromatic nitrogens is 2. The number of hydrogen-bond donors (Lipinski definition) is 0. The number of carbonyl (C=O) groups is 1. The second-order valence-corrected chi connectivity index (χ2v) is 5.33. The standard InChI is InChI=1S/C15H17BrN2O/c1-3-18-14(15(16)11(2)17-18)10-13(19)9-12-7-5-4-6-8-12/h4-8H,3,9-10H2,1-2H3. The molecular formula is C15H17BrN2O. The molecule has 0 radical (unpaired) electrons. The van der Waals surface area contributed by atoms with E-state index < -0.39 is 0 Å². The van der Waals surface area contributed by atoms with Crippen LogP contribution in [0, 0.1) is 6.92 Å². The van der Waals surface area contributed by atoms with E-state index in [0.29, 0.717) is 12.8 Å². The molecule has 0 saturated heterocycles. The van der Waals surface area contributed by atoms with E-state index in [1.54, 1.807) is 0 Å². The van der Waals surface area contributed by atoms with Crippen molar-refractivity contribution in [3.05, 3.63) is 51.8 Å². The van der Waals surface area contributed by atoms with Crippen molar-refractivity contribution in [2.45, 2.75) is 33.2 Å². The van der Waals surface area contributed by atoms with Gasteiger partial charge in [0.1, 0.15) is 5.78 Å². The largest absolute Gasteiger partial charge is 0.299 e. The SMILES string of the molecule is CCn1nc(C)c(Br)c1CC(=O)Cc1ccccc1. The molecule has 2 rings (SSSR count). The van der Waals surface area contributed by atoms with Crippen LogP contribution in [0.4, 0.5) is 0 Å². The molecule has 0 bridgehead atoms. The summed E-state index contributed by atoms with van der Waals surface area (Å²) in [5, 5.41) is 4.41. The molecule has 0 N–H and O–H groups in total. The molecule has 0 fully saturated rings. The maximum absolute atomic E-state index is 12.1. The smallest absolute Gasteiger partial charge is 0.143 e. The minimum atomic E-state index is 0.210. The lowest BCUT2D eigenvalue weighted by molar-refractivity contribution is -0.117. The van der Waals surface area contributed by atoms with E-state index in [0.717, 1.165) is 28.0 Å². The van der Waals surface area contributed by atoms with Gasteiger partial charge in [0.15, 0.2) is 0 Å². The predicted octanol–water partition coefficient (Wildman–Crippen LogP) is 3.33. The molecule has 3 nitrogen and oxygen atoms in total. The molecule has 1 heterocycles. The first-order valence-corrected chi connectivity index (χ1v) is 7.18. The van der Waals surface area contributed by atoms with Gasteiger partial charge < -0.3 is 0 Å². The summed E-state index contributed by atoms with van der Waals surface area (Å²) in [6.07, 6.45) is 0.894. The number of rotatable bonds is 5. The number of aryl methyl sites for hydroxylation is 2. The molecule has 0 aliphatic carbocycles. The van der Waals surface area contributed by atoms with E-state index in [1.165, 1.54) is 0 Å². The first-order chi connectivity index (χ1) is 9.11. The van der Waals surface area contributed by atoms with Crippen LogP contribution >= 0.6 is 15.9 Å². The summed E-state index contributed by atoms with van der Waals surface area (Å²) in [5.74, 6) is 0.210. The Morgan fingerprint density at radius 2 is 1.95 bits per heavy atom. The predicted molar refractivity (Wildman–Crippen MR) is 79.2 cm³/mol. The van der Waals surface area contributed by atoms with Crippen LogP contribution in [-0.2, 0) is 24.2 Å². The second-order valence-electron chi connectivity index (χ2n) is 4.54. The number of hydrogen-bond acceptors (Lipinski definition) is 2. The summed E-state index contributed by atoms with van der Waals surface area (Å²) in [6, 6.07) is 9.84. The molecule has 2 aromatic rings. The maximum atomic E-state index is 12.1. The van der Waals surface area contributed by atoms with Crippen LogP contribution in [0.25, 0.3) is 0 Å². The number of nitrogens with zero attached hydrogens (tertiary/aromatic N) is 2. The maximum Gasteiger partial charge on any atom is 0.143 e. The molecule has 0 spiro atoms. The number of benzene rings is 1. The Labute approximate surface area is 121 Å². The molecule has 4 heteroatoms. The third-order valence-electron chi connectivity index (χ3n) is 3.06. The van der Waals surface area contributed by atoms with Crippen LogP contribution in [0.2, 0.25) is 0 Å². The third-order valence-corrected chi connectivity index (χ3v) is 4.09. The van der Waals surface area contributed by atoms with Crippen molar-refractivity contribution in [3.8, 4) is 0 Å². The molecule has 1 aromatic heterocycles.